The Morgan fingerprint density at radius 3 is 1.20 bits per heavy atom. The predicted octanol–water partition coefficient (Wildman–Crippen LogP) is 16.8. The van der Waals surface area contributed by atoms with Crippen LogP contribution in [0.1, 0.15) is 70.7 Å². The van der Waals surface area contributed by atoms with Crippen molar-refractivity contribution in [2.24, 2.45) is 5.92 Å². The summed E-state index contributed by atoms with van der Waals surface area (Å²) in [6.07, 6.45) is 0. The third-order valence-corrected chi connectivity index (χ3v) is 12.2. The molecule has 0 saturated carbocycles. The molecule has 0 aliphatic carbocycles. The van der Waals surface area contributed by atoms with E-state index in [0.717, 1.165) is 88.3 Å². The van der Waals surface area contributed by atoms with Crippen LogP contribution in [-0.2, 0) is 31.7 Å². The summed E-state index contributed by atoms with van der Waals surface area (Å²) in [6, 6.07) is 49.8. The first-order chi connectivity index (χ1) is 31.0. The van der Waals surface area contributed by atoms with E-state index in [4.69, 9.17) is 26.5 Å². The molecule has 0 aliphatic heterocycles. The van der Waals surface area contributed by atoms with Crippen molar-refractivity contribution in [3.8, 4) is 67.5 Å². The van der Waals surface area contributed by atoms with Crippen molar-refractivity contribution in [3.63, 3.8) is 0 Å². The van der Waals surface area contributed by atoms with Gasteiger partial charge >= 0.3 is 37.9 Å². The van der Waals surface area contributed by atoms with Crippen LogP contribution in [0.4, 0.5) is 0 Å². The summed E-state index contributed by atoms with van der Waals surface area (Å²) < 4.78 is 13.3. The van der Waals surface area contributed by atoms with Gasteiger partial charge in [0.05, 0.1) is 13.2 Å². The number of aryl methyl sites for hydroxylation is 2. The molecule has 332 valence electrons. The maximum atomic E-state index is 12.2. The zero-order valence-corrected chi connectivity index (χ0v) is 42.8. The molecule has 0 atom stereocenters. The first kappa shape index (κ1) is 47.9. The molecule has 0 spiro atoms. The van der Waals surface area contributed by atoms with Gasteiger partial charge in [-0.2, -0.15) is 0 Å². The van der Waals surface area contributed by atoms with Gasteiger partial charge in [0.25, 0.3) is 0 Å². The number of aromatic hydroxyl groups is 2. The van der Waals surface area contributed by atoms with Crippen molar-refractivity contribution in [3.05, 3.63) is 168 Å². The predicted molar refractivity (Wildman–Crippen MR) is 272 cm³/mol. The average molecular weight is 981 g/mol. The zero-order chi connectivity index (χ0) is 46.6. The molecule has 0 aliphatic rings. The van der Waals surface area contributed by atoms with Crippen molar-refractivity contribution in [2.75, 3.05) is 13.2 Å². The number of rotatable bonds is 10. The van der Waals surface area contributed by atoms with Gasteiger partial charge in [0.2, 0.25) is 0 Å². The molecule has 7 heteroatoms. The third-order valence-electron chi connectivity index (χ3n) is 12.2. The standard InChI is InChI=1S/C58H58O4.2ClH.Zr/c1-36(34-61-51-24-16-14-22-45(51)47-30-41(57(4,5)6)32-49(55(47)59)53-37(2)26-28-39-18-10-12-20-43(39)53)35-62-52-25-17-15-23-46(52)48-31-42(58(7,8)9)33-50(56(48)60)54-38(3)27-29-40-19-11-13-21-44(40)54;;;/h10-33,36,59-60H,34-35H2,1-9H3;2*1H;/q;;;+2/p-2. The number of ether oxygens (including phenoxy) is 2. The fourth-order valence-corrected chi connectivity index (χ4v) is 8.55. The molecule has 0 aromatic heterocycles. The third kappa shape index (κ3) is 10.5. The van der Waals surface area contributed by atoms with Gasteiger partial charge in [-0.25, -0.2) is 0 Å². The number of para-hydroxylation sites is 2. The molecule has 0 heterocycles. The van der Waals surface area contributed by atoms with Crippen molar-refractivity contribution in [1.29, 1.82) is 0 Å². The van der Waals surface area contributed by atoms with Crippen molar-refractivity contribution in [1.82, 2.24) is 0 Å². The molecule has 8 aromatic rings. The van der Waals surface area contributed by atoms with Crippen LogP contribution in [0.15, 0.2) is 146 Å². The van der Waals surface area contributed by atoms with Gasteiger partial charge in [-0.15, -0.1) is 0 Å². The van der Waals surface area contributed by atoms with Gasteiger partial charge in [-0.1, -0.05) is 158 Å². The van der Waals surface area contributed by atoms with Crippen LogP contribution in [0.25, 0.3) is 66.1 Å². The Bertz CT molecular complexity index is 2780. The van der Waals surface area contributed by atoms with Crippen LogP contribution in [0, 0.1) is 19.8 Å². The van der Waals surface area contributed by atoms with Crippen molar-refractivity contribution < 1.29 is 40.5 Å². The van der Waals surface area contributed by atoms with E-state index < -0.39 is 20.8 Å². The molecular formula is C58H58Cl2O4Zr. The van der Waals surface area contributed by atoms with Crippen molar-refractivity contribution >= 4 is 38.6 Å². The van der Waals surface area contributed by atoms with Crippen LogP contribution in [0.5, 0.6) is 23.0 Å². The number of phenolic OH excluding ortho intramolecular Hbond substituents is 2. The minimum atomic E-state index is -0.826. The number of fused-ring (bicyclic) bond motifs is 2. The second-order valence-electron chi connectivity index (χ2n) is 19.1. The molecule has 0 radical (unpaired) electrons. The molecule has 0 unspecified atom stereocenters. The Labute approximate surface area is 403 Å². The van der Waals surface area contributed by atoms with E-state index in [0.29, 0.717) is 24.7 Å². The topological polar surface area (TPSA) is 58.9 Å². The number of halogens is 2. The fraction of sp³-hybridized carbons (Fsp3) is 0.241. The SMILES string of the molecule is Cc1ccc2ccccc2c1-c1cc(C(C)(C)C)cc(-c2ccccc2OCC(C)COc2ccccc2-c2cc(C(C)(C)C)cc(-c3c(C)ccc4ccccc34)c2O)c1O.[Cl][Zr][Cl]. The Kier molecular flexibility index (Phi) is 14.9. The Hall–Kier alpha value is -5.06. The summed E-state index contributed by atoms with van der Waals surface area (Å²) in [6.45, 7) is 20.4. The van der Waals surface area contributed by atoms with E-state index in [9.17, 15) is 10.2 Å². The van der Waals surface area contributed by atoms with Gasteiger partial charge in [0.15, 0.2) is 0 Å². The molecular weight excluding hydrogens is 923 g/mol. The molecule has 4 nitrogen and oxygen atoms in total. The van der Waals surface area contributed by atoms with Gasteiger partial charge in [-0.3, -0.25) is 0 Å². The molecule has 65 heavy (non-hydrogen) atoms. The number of hydrogen-bond acceptors (Lipinski definition) is 4. The number of hydrogen-bond donors (Lipinski definition) is 2. The van der Waals surface area contributed by atoms with Crippen LogP contribution >= 0.6 is 17.0 Å². The quantitative estimate of drug-likeness (QED) is 0.143. The first-order valence-electron chi connectivity index (χ1n) is 22.1. The molecule has 0 saturated heterocycles. The summed E-state index contributed by atoms with van der Waals surface area (Å²) >= 11 is -0.826. The Balaban J connectivity index is 0.00000204. The van der Waals surface area contributed by atoms with E-state index in [1.54, 1.807) is 0 Å². The second kappa shape index (κ2) is 20.2. The number of phenols is 2. The van der Waals surface area contributed by atoms with E-state index in [-0.39, 0.29) is 28.2 Å². The molecule has 2 N–H and O–H groups in total. The fourth-order valence-electron chi connectivity index (χ4n) is 8.55. The zero-order valence-electron chi connectivity index (χ0n) is 38.8. The van der Waals surface area contributed by atoms with E-state index in [2.05, 4.69) is 159 Å². The summed E-state index contributed by atoms with van der Waals surface area (Å²) in [5, 5.41) is 28.9. The Morgan fingerprint density at radius 2 is 0.815 bits per heavy atom. The van der Waals surface area contributed by atoms with E-state index in [1.165, 1.54) is 0 Å². The molecule has 8 rings (SSSR count). The van der Waals surface area contributed by atoms with E-state index >= 15 is 0 Å². The summed E-state index contributed by atoms with van der Waals surface area (Å²) in [4.78, 5) is 0. The first-order valence-corrected chi connectivity index (χ1v) is 28.5. The van der Waals surface area contributed by atoms with Gasteiger partial charge in [0.1, 0.15) is 23.0 Å². The average Bonchev–Trinajstić information content (AvgIpc) is 3.28. The minimum absolute atomic E-state index is 0.00270. The summed E-state index contributed by atoms with van der Waals surface area (Å²) in [5.74, 6) is 1.87. The molecule has 8 aromatic carbocycles. The molecule has 0 fully saturated rings. The van der Waals surface area contributed by atoms with Gasteiger partial charge in [0, 0.05) is 39.3 Å². The number of benzene rings is 8. The van der Waals surface area contributed by atoms with Crippen LogP contribution in [-0.4, -0.2) is 23.4 Å². The maximum absolute atomic E-state index is 12.2. The van der Waals surface area contributed by atoms with Crippen LogP contribution in [0.2, 0.25) is 0 Å². The summed E-state index contributed by atoms with van der Waals surface area (Å²) in [5.41, 5.74) is 11.0. The molecule has 0 bridgehead atoms. The Morgan fingerprint density at radius 1 is 0.477 bits per heavy atom. The van der Waals surface area contributed by atoms with Crippen molar-refractivity contribution in [2.45, 2.75) is 73.1 Å². The van der Waals surface area contributed by atoms with Gasteiger partial charge in [-0.05, 0) is 116 Å². The normalized spacial score (nSPS) is 11.7. The van der Waals surface area contributed by atoms with E-state index in [1.807, 2.05) is 48.5 Å². The summed E-state index contributed by atoms with van der Waals surface area (Å²) in [7, 11) is 9.87. The van der Waals surface area contributed by atoms with Crippen LogP contribution in [0.3, 0.4) is 0 Å². The second-order valence-corrected chi connectivity index (χ2v) is 22.8. The van der Waals surface area contributed by atoms with Crippen LogP contribution < -0.4 is 9.47 Å². The molecule has 0 amide bonds. The van der Waals surface area contributed by atoms with Gasteiger partial charge < -0.3 is 19.7 Å². The monoisotopic (exact) mass is 978 g/mol.